The van der Waals surface area contributed by atoms with Crippen LogP contribution in [0.3, 0.4) is 0 Å². The van der Waals surface area contributed by atoms with Crippen LogP contribution in [0.5, 0.6) is 0 Å². The van der Waals surface area contributed by atoms with Crippen LogP contribution in [0.15, 0.2) is 17.0 Å². The Balaban J connectivity index is 2.28. The van der Waals surface area contributed by atoms with E-state index in [0.29, 0.717) is 6.04 Å². The van der Waals surface area contributed by atoms with Gasteiger partial charge in [-0.1, -0.05) is 12.1 Å². The first-order chi connectivity index (χ1) is 8.15. The second kappa shape index (κ2) is 5.32. The van der Waals surface area contributed by atoms with E-state index in [1.807, 2.05) is 18.8 Å². The molecule has 1 aliphatic rings. The fourth-order valence-corrected chi connectivity index (χ4v) is 3.94. The average molecular weight is 250 g/mol. The Bertz CT molecular complexity index is 403. The van der Waals surface area contributed by atoms with E-state index in [2.05, 4.69) is 43.2 Å². The smallest absolute Gasteiger partial charge is 0.0537 e. The van der Waals surface area contributed by atoms with Crippen LogP contribution in [0, 0.1) is 13.8 Å². The average Bonchev–Trinajstić information content (AvgIpc) is 2.32. The lowest BCUT2D eigenvalue weighted by Crippen LogP contribution is -2.39. The first kappa shape index (κ1) is 12.8. The molecule has 0 fully saturated rings. The zero-order valence-electron chi connectivity index (χ0n) is 11.2. The van der Waals surface area contributed by atoms with Gasteiger partial charge in [0.15, 0.2) is 0 Å². The van der Waals surface area contributed by atoms with Gasteiger partial charge in [0.25, 0.3) is 0 Å². The van der Waals surface area contributed by atoms with Crippen molar-refractivity contribution in [2.75, 3.05) is 31.3 Å². The molecule has 1 N–H and O–H groups in total. The number of aryl methyl sites for hydroxylation is 2. The number of hydrogen-bond donors (Lipinski definition) is 1. The number of benzene rings is 1. The maximum atomic E-state index is 3.25. The lowest BCUT2D eigenvalue weighted by molar-refractivity contribution is 0.597. The Labute approximate surface area is 109 Å². The molecule has 2 rings (SSSR count). The number of anilines is 1. The van der Waals surface area contributed by atoms with Crippen molar-refractivity contribution in [1.29, 1.82) is 0 Å². The second-order valence-corrected chi connectivity index (χ2v) is 5.88. The zero-order valence-corrected chi connectivity index (χ0v) is 12.0. The van der Waals surface area contributed by atoms with Gasteiger partial charge in [0, 0.05) is 23.7 Å². The molecule has 0 saturated heterocycles. The SMILES string of the molecule is CNCCC1CSc2c(C)ccc(C)c2N1C. The summed E-state index contributed by atoms with van der Waals surface area (Å²) in [6.07, 6.45) is 1.22. The number of rotatable bonds is 3. The number of hydrogen-bond acceptors (Lipinski definition) is 3. The standard InChI is InChI=1S/C14H22N2S/c1-10-5-6-11(2)14-13(10)16(4)12(9-17-14)7-8-15-3/h5-6,12,15H,7-9H2,1-4H3. The summed E-state index contributed by atoms with van der Waals surface area (Å²) in [6.45, 7) is 5.53. The molecule has 3 heteroatoms. The molecule has 1 aliphatic heterocycles. The van der Waals surface area contributed by atoms with Gasteiger partial charge < -0.3 is 10.2 Å². The Kier molecular flexibility index (Phi) is 4.00. The maximum absolute atomic E-state index is 3.25. The fourth-order valence-electron chi connectivity index (χ4n) is 2.45. The Morgan fingerprint density at radius 1 is 1.35 bits per heavy atom. The quantitative estimate of drug-likeness (QED) is 0.888. The molecule has 2 nitrogen and oxygen atoms in total. The van der Waals surface area contributed by atoms with Crippen LogP contribution in [0.4, 0.5) is 5.69 Å². The molecule has 0 spiro atoms. The van der Waals surface area contributed by atoms with E-state index in [4.69, 9.17) is 0 Å². The highest BCUT2D eigenvalue weighted by Crippen LogP contribution is 2.41. The third-order valence-corrected chi connectivity index (χ3v) is 4.93. The van der Waals surface area contributed by atoms with Crippen LogP contribution >= 0.6 is 11.8 Å². The summed E-state index contributed by atoms with van der Waals surface area (Å²) in [5.41, 5.74) is 4.26. The van der Waals surface area contributed by atoms with Gasteiger partial charge in [0.2, 0.25) is 0 Å². The molecular formula is C14H22N2S. The van der Waals surface area contributed by atoms with Crippen molar-refractivity contribution in [2.24, 2.45) is 0 Å². The largest absolute Gasteiger partial charge is 0.370 e. The van der Waals surface area contributed by atoms with Gasteiger partial charge in [0.1, 0.15) is 0 Å². The molecule has 1 aromatic carbocycles. The predicted octanol–water partition coefficient (Wildman–Crippen LogP) is 2.82. The molecule has 0 aliphatic carbocycles. The van der Waals surface area contributed by atoms with Gasteiger partial charge in [-0.05, 0) is 45.0 Å². The summed E-state index contributed by atoms with van der Waals surface area (Å²) in [5.74, 6) is 1.20. The molecule has 0 amide bonds. The molecule has 17 heavy (non-hydrogen) atoms. The molecule has 94 valence electrons. The fraction of sp³-hybridized carbons (Fsp3) is 0.571. The van der Waals surface area contributed by atoms with Crippen LogP contribution in [0.1, 0.15) is 17.5 Å². The van der Waals surface area contributed by atoms with Crippen LogP contribution < -0.4 is 10.2 Å². The van der Waals surface area contributed by atoms with Gasteiger partial charge in [-0.25, -0.2) is 0 Å². The number of nitrogens with zero attached hydrogens (tertiary/aromatic N) is 1. The summed E-state index contributed by atoms with van der Waals surface area (Å²) in [7, 11) is 4.27. The summed E-state index contributed by atoms with van der Waals surface area (Å²) in [5, 5.41) is 3.25. The van der Waals surface area contributed by atoms with Crippen LogP contribution in [0.2, 0.25) is 0 Å². The van der Waals surface area contributed by atoms with E-state index in [1.165, 1.54) is 33.9 Å². The monoisotopic (exact) mass is 250 g/mol. The Morgan fingerprint density at radius 3 is 2.76 bits per heavy atom. The predicted molar refractivity (Wildman–Crippen MR) is 77.4 cm³/mol. The Hall–Kier alpha value is -0.670. The van der Waals surface area contributed by atoms with Gasteiger partial charge in [-0.2, -0.15) is 0 Å². The topological polar surface area (TPSA) is 15.3 Å². The van der Waals surface area contributed by atoms with Crippen LogP contribution in [0.25, 0.3) is 0 Å². The van der Waals surface area contributed by atoms with E-state index >= 15 is 0 Å². The molecule has 0 radical (unpaired) electrons. The van der Waals surface area contributed by atoms with Crippen molar-refractivity contribution < 1.29 is 0 Å². The van der Waals surface area contributed by atoms with Crippen molar-refractivity contribution in [3.05, 3.63) is 23.3 Å². The van der Waals surface area contributed by atoms with Crippen molar-refractivity contribution >= 4 is 17.4 Å². The minimum absolute atomic E-state index is 0.653. The van der Waals surface area contributed by atoms with Crippen LogP contribution in [-0.2, 0) is 0 Å². The molecule has 1 unspecified atom stereocenters. The first-order valence-electron chi connectivity index (χ1n) is 6.25. The zero-order chi connectivity index (χ0) is 12.4. The third kappa shape index (κ3) is 2.45. The molecule has 0 saturated carbocycles. The Morgan fingerprint density at radius 2 is 2.06 bits per heavy atom. The second-order valence-electron chi connectivity index (χ2n) is 4.85. The molecule has 0 aromatic heterocycles. The highest BCUT2D eigenvalue weighted by atomic mass is 32.2. The van der Waals surface area contributed by atoms with Gasteiger partial charge in [-0.3, -0.25) is 0 Å². The minimum Gasteiger partial charge on any atom is -0.370 e. The first-order valence-corrected chi connectivity index (χ1v) is 7.24. The van der Waals surface area contributed by atoms with E-state index in [-0.39, 0.29) is 0 Å². The highest BCUT2D eigenvalue weighted by Gasteiger charge is 2.25. The summed E-state index contributed by atoms with van der Waals surface area (Å²) < 4.78 is 0. The van der Waals surface area contributed by atoms with Gasteiger partial charge in [0.05, 0.1) is 5.69 Å². The molecular weight excluding hydrogens is 228 g/mol. The molecule has 1 aromatic rings. The lowest BCUT2D eigenvalue weighted by Gasteiger charge is -2.37. The number of thioether (sulfide) groups is 1. The lowest BCUT2D eigenvalue weighted by atomic mass is 10.1. The summed E-state index contributed by atoms with van der Waals surface area (Å²) >= 11 is 2.02. The summed E-state index contributed by atoms with van der Waals surface area (Å²) in [6, 6.07) is 5.13. The normalized spacial score (nSPS) is 19.3. The van der Waals surface area contributed by atoms with Crippen molar-refractivity contribution in [3.63, 3.8) is 0 Å². The molecule has 1 atom stereocenters. The van der Waals surface area contributed by atoms with Crippen molar-refractivity contribution in [3.8, 4) is 0 Å². The van der Waals surface area contributed by atoms with Crippen LogP contribution in [-0.4, -0.2) is 32.4 Å². The van der Waals surface area contributed by atoms with E-state index in [1.54, 1.807) is 0 Å². The molecule has 1 heterocycles. The highest BCUT2D eigenvalue weighted by molar-refractivity contribution is 7.99. The van der Waals surface area contributed by atoms with E-state index in [9.17, 15) is 0 Å². The van der Waals surface area contributed by atoms with E-state index < -0.39 is 0 Å². The minimum atomic E-state index is 0.653. The van der Waals surface area contributed by atoms with Gasteiger partial charge in [-0.15, -0.1) is 11.8 Å². The molecule has 0 bridgehead atoms. The van der Waals surface area contributed by atoms with Gasteiger partial charge >= 0.3 is 0 Å². The third-order valence-electron chi connectivity index (χ3n) is 3.58. The van der Waals surface area contributed by atoms with E-state index in [0.717, 1.165) is 6.54 Å². The van der Waals surface area contributed by atoms with Crippen molar-refractivity contribution in [1.82, 2.24) is 5.32 Å². The number of fused-ring (bicyclic) bond motifs is 1. The maximum Gasteiger partial charge on any atom is 0.0537 e. The number of nitrogens with one attached hydrogen (secondary N) is 1. The van der Waals surface area contributed by atoms with Crippen molar-refractivity contribution in [2.45, 2.75) is 31.2 Å². The summed E-state index contributed by atoms with van der Waals surface area (Å²) in [4.78, 5) is 3.96.